The summed E-state index contributed by atoms with van der Waals surface area (Å²) < 4.78 is 7.51. The zero-order valence-electron chi connectivity index (χ0n) is 14.2. The molecule has 0 unspecified atom stereocenters. The van der Waals surface area contributed by atoms with Gasteiger partial charge in [-0.1, -0.05) is 48.5 Å². The SMILES string of the molecule is Cc1c(C(=O)OC(C)C)cc(-c2ccccc2)n1-c1ccccc1. The summed E-state index contributed by atoms with van der Waals surface area (Å²) in [5, 5.41) is 0. The number of benzene rings is 2. The number of rotatable bonds is 4. The normalized spacial score (nSPS) is 10.8. The maximum atomic E-state index is 12.5. The highest BCUT2D eigenvalue weighted by atomic mass is 16.5. The van der Waals surface area contributed by atoms with E-state index in [9.17, 15) is 4.79 Å². The minimum Gasteiger partial charge on any atom is -0.459 e. The van der Waals surface area contributed by atoms with E-state index in [1.54, 1.807) is 0 Å². The molecule has 0 spiro atoms. The fourth-order valence-electron chi connectivity index (χ4n) is 2.82. The van der Waals surface area contributed by atoms with Crippen molar-refractivity contribution < 1.29 is 9.53 Å². The summed E-state index contributed by atoms with van der Waals surface area (Å²) in [5.74, 6) is -0.283. The van der Waals surface area contributed by atoms with Gasteiger partial charge in [-0.25, -0.2) is 4.79 Å². The van der Waals surface area contributed by atoms with Gasteiger partial charge < -0.3 is 9.30 Å². The van der Waals surface area contributed by atoms with Crippen LogP contribution in [0.25, 0.3) is 16.9 Å². The van der Waals surface area contributed by atoms with E-state index in [0.717, 1.165) is 22.6 Å². The third-order valence-corrected chi connectivity index (χ3v) is 3.89. The fraction of sp³-hybridized carbons (Fsp3) is 0.190. The van der Waals surface area contributed by atoms with Crippen molar-refractivity contribution in [3.63, 3.8) is 0 Å². The molecule has 0 saturated carbocycles. The van der Waals surface area contributed by atoms with Crippen LogP contribution in [0.4, 0.5) is 0 Å². The lowest BCUT2D eigenvalue weighted by Gasteiger charge is -2.12. The first-order chi connectivity index (χ1) is 11.6. The molecule has 0 fully saturated rings. The highest BCUT2D eigenvalue weighted by molar-refractivity contribution is 5.93. The molecule has 0 aliphatic carbocycles. The molecule has 2 aromatic carbocycles. The fourth-order valence-corrected chi connectivity index (χ4v) is 2.82. The average molecular weight is 319 g/mol. The molecule has 1 heterocycles. The molecular weight excluding hydrogens is 298 g/mol. The molecule has 0 bridgehead atoms. The molecule has 122 valence electrons. The minimum atomic E-state index is -0.283. The van der Waals surface area contributed by atoms with Crippen molar-refractivity contribution in [1.29, 1.82) is 0 Å². The third-order valence-electron chi connectivity index (χ3n) is 3.89. The van der Waals surface area contributed by atoms with Gasteiger partial charge in [0.05, 0.1) is 17.4 Å². The maximum Gasteiger partial charge on any atom is 0.340 e. The van der Waals surface area contributed by atoms with Crippen molar-refractivity contribution in [2.24, 2.45) is 0 Å². The second kappa shape index (κ2) is 6.75. The number of nitrogens with zero attached hydrogens (tertiary/aromatic N) is 1. The van der Waals surface area contributed by atoms with E-state index in [0.29, 0.717) is 5.56 Å². The summed E-state index contributed by atoms with van der Waals surface area (Å²) in [5.41, 5.74) is 4.55. The lowest BCUT2D eigenvalue weighted by molar-refractivity contribution is 0.0377. The van der Waals surface area contributed by atoms with E-state index in [-0.39, 0.29) is 12.1 Å². The molecule has 0 saturated heterocycles. The Balaban J connectivity index is 2.19. The van der Waals surface area contributed by atoms with Gasteiger partial charge in [-0.05, 0) is 44.5 Å². The lowest BCUT2D eigenvalue weighted by Crippen LogP contribution is -2.12. The lowest BCUT2D eigenvalue weighted by atomic mass is 10.1. The summed E-state index contributed by atoms with van der Waals surface area (Å²) in [6, 6.07) is 22.1. The molecule has 3 rings (SSSR count). The van der Waals surface area contributed by atoms with Crippen LogP contribution in [0, 0.1) is 6.92 Å². The van der Waals surface area contributed by atoms with Crippen molar-refractivity contribution in [3.05, 3.63) is 78.0 Å². The molecule has 3 aromatic rings. The number of esters is 1. The van der Waals surface area contributed by atoms with Crippen LogP contribution < -0.4 is 0 Å². The van der Waals surface area contributed by atoms with Crippen molar-refractivity contribution in [1.82, 2.24) is 4.57 Å². The smallest absolute Gasteiger partial charge is 0.340 e. The van der Waals surface area contributed by atoms with Crippen molar-refractivity contribution in [2.45, 2.75) is 26.9 Å². The summed E-state index contributed by atoms with van der Waals surface area (Å²) in [6.07, 6.45) is -0.142. The number of ether oxygens (including phenoxy) is 1. The average Bonchev–Trinajstić information content (AvgIpc) is 2.93. The van der Waals surface area contributed by atoms with Gasteiger partial charge in [-0.2, -0.15) is 0 Å². The Labute approximate surface area is 142 Å². The van der Waals surface area contributed by atoms with E-state index in [2.05, 4.69) is 4.57 Å². The predicted molar refractivity (Wildman–Crippen MR) is 96.5 cm³/mol. The van der Waals surface area contributed by atoms with Gasteiger partial charge in [0.25, 0.3) is 0 Å². The van der Waals surface area contributed by atoms with Crippen LogP contribution in [0.5, 0.6) is 0 Å². The molecule has 0 amide bonds. The van der Waals surface area contributed by atoms with Crippen molar-refractivity contribution in [3.8, 4) is 16.9 Å². The standard InChI is InChI=1S/C21H21NO2/c1-15(2)24-21(23)19-14-20(17-10-6-4-7-11-17)22(16(19)3)18-12-8-5-9-13-18/h4-15H,1-3H3. The Kier molecular flexibility index (Phi) is 4.52. The van der Waals surface area contributed by atoms with E-state index >= 15 is 0 Å². The number of carbonyl (C=O) groups is 1. The Hall–Kier alpha value is -2.81. The molecule has 0 radical (unpaired) electrons. The summed E-state index contributed by atoms with van der Waals surface area (Å²) in [4.78, 5) is 12.5. The maximum absolute atomic E-state index is 12.5. The van der Waals surface area contributed by atoms with Crippen LogP contribution in [-0.2, 0) is 4.74 Å². The quantitative estimate of drug-likeness (QED) is 0.632. The molecule has 0 aliphatic heterocycles. The molecule has 0 aliphatic rings. The predicted octanol–water partition coefficient (Wildman–Crippen LogP) is 5.02. The van der Waals surface area contributed by atoms with Crippen LogP contribution in [0.1, 0.15) is 29.9 Å². The van der Waals surface area contributed by atoms with Crippen molar-refractivity contribution >= 4 is 5.97 Å². The largest absolute Gasteiger partial charge is 0.459 e. The Morgan fingerprint density at radius 2 is 1.54 bits per heavy atom. The first kappa shape index (κ1) is 16.1. The summed E-state index contributed by atoms with van der Waals surface area (Å²) in [6.45, 7) is 5.68. The van der Waals surface area contributed by atoms with Gasteiger partial charge in [0.1, 0.15) is 0 Å². The molecule has 24 heavy (non-hydrogen) atoms. The van der Waals surface area contributed by atoms with E-state index in [4.69, 9.17) is 4.74 Å². The van der Waals surface area contributed by atoms with Gasteiger partial charge in [-0.3, -0.25) is 0 Å². The van der Waals surface area contributed by atoms with E-state index in [1.807, 2.05) is 87.5 Å². The van der Waals surface area contributed by atoms with E-state index in [1.165, 1.54) is 0 Å². The minimum absolute atomic E-state index is 0.142. The third kappa shape index (κ3) is 3.11. The Bertz CT molecular complexity index is 833. The molecule has 3 heteroatoms. The number of carbonyl (C=O) groups excluding carboxylic acids is 1. The van der Waals surface area contributed by atoms with Gasteiger partial charge in [0.2, 0.25) is 0 Å². The van der Waals surface area contributed by atoms with Gasteiger partial charge in [-0.15, -0.1) is 0 Å². The first-order valence-corrected chi connectivity index (χ1v) is 8.12. The number of para-hydroxylation sites is 1. The highest BCUT2D eigenvalue weighted by Crippen LogP contribution is 2.30. The number of hydrogen-bond acceptors (Lipinski definition) is 2. The molecular formula is C21H21NO2. The molecule has 0 atom stereocenters. The van der Waals surface area contributed by atoms with Gasteiger partial charge in [0.15, 0.2) is 0 Å². The van der Waals surface area contributed by atoms with E-state index < -0.39 is 0 Å². The second-order valence-corrected chi connectivity index (χ2v) is 6.02. The zero-order valence-corrected chi connectivity index (χ0v) is 14.2. The number of aromatic nitrogens is 1. The van der Waals surface area contributed by atoms with Gasteiger partial charge >= 0.3 is 5.97 Å². The summed E-state index contributed by atoms with van der Waals surface area (Å²) in [7, 11) is 0. The van der Waals surface area contributed by atoms with Crippen LogP contribution in [0.3, 0.4) is 0 Å². The molecule has 3 nitrogen and oxygen atoms in total. The van der Waals surface area contributed by atoms with Crippen LogP contribution >= 0.6 is 0 Å². The molecule has 0 N–H and O–H groups in total. The zero-order chi connectivity index (χ0) is 17.1. The van der Waals surface area contributed by atoms with Crippen LogP contribution in [0.2, 0.25) is 0 Å². The second-order valence-electron chi connectivity index (χ2n) is 6.02. The van der Waals surface area contributed by atoms with Crippen molar-refractivity contribution in [2.75, 3.05) is 0 Å². The topological polar surface area (TPSA) is 31.2 Å². The monoisotopic (exact) mass is 319 g/mol. The van der Waals surface area contributed by atoms with Crippen LogP contribution in [0.15, 0.2) is 66.7 Å². The first-order valence-electron chi connectivity index (χ1n) is 8.12. The number of hydrogen-bond donors (Lipinski definition) is 0. The Morgan fingerprint density at radius 3 is 2.12 bits per heavy atom. The summed E-state index contributed by atoms with van der Waals surface area (Å²) >= 11 is 0. The van der Waals surface area contributed by atoms with Crippen LogP contribution in [-0.4, -0.2) is 16.6 Å². The highest BCUT2D eigenvalue weighted by Gasteiger charge is 2.21. The Morgan fingerprint density at radius 1 is 0.958 bits per heavy atom. The van der Waals surface area contributed by atoms with Gasteiger partial charge in [0, 0.05) is 11.4 Å². The molecule has 1 aromatic heterocycles.